The number of nitrogens with zero attached hydrogens (tertiary/aromatic N) is 2. The molecular weight excluding hydrogens is 282 g/mol. The van der Waals surface area contributed by atoms with Crippen LogP contribution in [-0.4, -0.2) is 56.0 Å². The van der Waals surface area contributed by atoms with Gasteiger partial charge in [-0.3, -0.25) is 4.79 Å². The molecule has 0 aromatic heterocycles. The molecule has 0 aliphatic carbocycles. The Morgan fingerprint density at radius 1 is 1.36 bits per heavy atom. The lowest BCUT2D eigenvalue weighted by atomic mass is 10.2. The molecule has 0 saturated carbocycles. The molecule has 0 heterocycles. The van der Waals surface area contributed by atoms with Crippen LogP contribution >= 0.6 is 0 Å². The number of nitrogens with one attached hydrogen (secondary N) is 1. The van der Waals surface area contributed by atoms with E-state index in [0.29, 0.717) is 13.1 Å². The van der Waals surface area contributed by atoms with Gasteiger partial charge < -0.3 is 19.9 Å². The van der Waals surface area contributed by atoms with E-state index in [1.54, 1.807) is 32.2 Å². The van der Waals surface area contributed by atoms with Crippen LogP contribution < -0.4 is 10.1 Å². The SMILES string of the molecule is C=CCN(Cc1cccc(OC)c1)C(=O)CNC(=O)N(C)C. The van der Waals surface area contributed by atoms with E-state index in [4.69, 9.17) is 4.74 Å². The third-order valence-corrected chi connectivity index (χ3v) is 3.01. The van der Waals surface area contributed by atoms with Crippen LogP contribution in [0.1, 0.15) is 5.56 Å². The van der Waals surface area contributed by atoms with Crippen LogP contribution in [0, 0.1) is 0 Å². The summed E-state index contributed by atoms with van der Waals surface area (Å²) in [5.74, 6) is 0.572. The van der Waals surface area contributed by atoms with Gasteiger partial charge in [-0.05, 0) is 17.7 Å². The van der Waals surface area contributed by atoms with E-state index in [9.17, 15) is 9.59 Å². The number of benzene rings is 1. The third-order valence-electron chi connectivity index (χ3n) is 3.01. The fraction of sp³-hybridized carbons (Fsp3) is 0.375. The van der Waals surface area contributed by atoms with Crippen molar-refractivity contribution in [1.82, 2.24) is 15.1 Å². The van der Waals surface area contributed by atoms with Gasteiger partial charge in [0.2, 0.25) is 5.91 Å². The second kappa shape index (κ2) is 8.71. The highest BCUT2D eigenvalue weighted by Crippen LogP contribution is 2.14. The summed E-state index contributed by atoms with van der Waals surface area (Å²) in [5, 5.41) is 2.57. The number of carbonyl (C=O) groups is 2. The lowest BCUT2D eigenvalue weighted by molar-refractivity contribution is -0.130. The van der Waals surface area contributed by atoms with Crippen molar-refractivity contribution in [2.45, 2.75) is 6.54 Å². The summed E-state index contributed by atoms with van der Waals surface area (Å²) < 4.78 is 5.18. The second-order valence-corrected chi connectivity index (χ2v) is 4.97. The number of hydrogen-bond donors (Lipinski definition) is 1. The van der Waals surface area contributed by atoms with E-state index in [1.807, 2.05) is 24.3 Å². The van der Waals surface area contributed by atoms with Gasteiger partial charge in [0, 0.05) is 27.2 Å². The van der Waals surface area contributed by atoms with E-state index >= 15 is 0 Å². The Morgan fingerprint density at radius 3 is 2.68 bits per heavy atom. The lowest BCUT2D eigenvalue weighted by Crippen LogP contribution is -2.43. The molecule has 0 bridgehead atoms. The largest absolute Gasteiger partial charge is 0.497 e. The van der Waals surface area contributed by atoms with Gasteiger partial charge >= 0.3 is 6.03 Å². The highest BCUT2D eigenvalue weighted by Gasteiger charge is 2.14. The number of hydrogen-bond acceptors (Lipinski definition) is 3. The normalized spacial score (nSPS) is 9.77. The summed E-state index contributed by atoms with van der Waals surface area (Å²) >= 11 is 0. The molecule has 0 radical (unpaired) electrons. The Bertz CT molecular complexity index is 529. The van der Waals surface area contributed by atoms with Crippen LogP contribution in [0.25, 0.3) is 0 Å². The van der Waals surface area contributed by atoms with Crippen molar-refractivity contribution >= 4 is 11.9 Å². The summed E-state index contributed by atoms with van der Waals surface area (Å²) in [4.78, 5) is 26.7. The van der Waals surface area contributed by atoms with Gasteiger partial charge in [0.1, 0.15) is 5.75 Å². The maximum Gasteiger partial charge on any atom is 0.317 e. The number of rotatable bonds is 7. The summed E-state index contributed by atoms with van der Waals surface area (Å²) in [6, 6.07) is 7.22. The van der Waals surface area contributed by atoms with Gasteiger partial charge in [-0.25, -0.2) is 4.79 Å². The minimum Gasteiger partial charge on any atom is -0.497 e. The smallest absolute Gasteiger partial charge is 0.317 e. The Balaban J connectivity index is 2.69. The minimum absolute atomic E-state index is 0.0468. The monoisotopic (exact) mass is 305 g/mol. The zero-order chi connectivity index (χ0) is 16.5. The second-order valence-electron chi connectivity index (χ2n) is 4.97. The van der Waals surface area contributed by atoms with Gasteiger partial charge in [0.05, 0.1) is 13.7 Å². The molecule has 1 aromatic carbocycles. The maximum atomic E-state index is 12.2. The molecule has 1 N–H and O–H groups in total. The average Bonchev–Trinajstić information content (AvgIpc) is 2.51. The number of amides is 3. The van der Waals surface area contributed by atoms with Gasteiger partial charge in [0.25, 0.3) is 0 Å². The van der Waals surface area contributed by atoms with Crippen molar-refractivity contribution in [2.24, 2.45) is 0 Å². The maximum absolute atomic E-state index is 12.2. The highest BCUT2D eigenvalue weighted by atomic mass is 16.5. The summed E-state index contributed by atoms with van der Waals surface area (Å²) in [7, 11) is 4.84. The molecule has 0 fully saturated rings. The lowest BCUT2D eigenvalue weighted by Gasteiger charge is -2.22. The van der Waals surface area contributed by atoms with Crippen molar-refractivity contribution in [1.29, 1.82) is 0 Å². The third kappa shape index (κ3) is 5.47. The van der Waals surface area contributed by atoms with Crippen molar-refractivity contribution in [3.8, 4) is 5.75 Å². The van der Waals surface area contributed by atoms with Crippen LogP contribution in [-0.2, 0) is 11.3 Å². The van der Waals surface area contributed by atoms with Crippen molar-refractivity contribution in [3.63, 3.8) is 0 Å². The Labute approximate surface area is 131 Å². The Hall–Kier alpha value is -2.50. The molecule has 6 nitrogen and oxygen atoms in total. The van der Waals surface area contributed by atoms with E-state index in [2.05, 4.69) is 11.9 Å². The van der Waals surface area contributed by atoms with Gasteiger partial charge in [-0.1, -0.05) is 18.2 Å². The Kier molecular flexibility index (Phi) is 6.95. The molecule has 1 rings (SSSR count). The molecule has 0 atom stereocenters. The number of methoxy groups -OCH3 is 1. The van der Waals surface area contributed by atoms with Crippen LogP contribution in [0.4, 0.5) is 4.79 Å². The van der Waals surface area contributed by atoms with Crippen molar-refractivity contribution < 1.29 is 14.3 Å². The Morgan fingerprint density at radius 2 is 2.09 bits per heavy atom. The van der Waals surface area contributed by atoms with E-state index in [1.165, 1.54) is 4.90 Å². The average molecular weight is 305 g/mol. The van der Waals surface area contributed by atoms with Crippen molar-refractivity contribution in [2.75, 3.05) is 34.3 Å². The quantitative estimate of drug-likeness (QED) is 0.776. The number of urea groups is 1. The van der Waals surface area contributed by atoms with Crippen LogP contribution in [0.5, 0.6) is 5.75 Å². The molecule has 0 aliphatic rings. The molecule has 120 valence electrons. The van der Waals surface area contributed by atoms with Crippen LogP contribution in [0.2, 0.25) is 0 Å². The summed E-state index contributed by atoms with van der Waals surface area (Å²) in [5.41, 5.74) is 0.952. The molecule has 6 heteroatoms. The number of carbonyl (C=O) groups excluding carboxylic acids is 2. The molecule has 0 spiro atoms. The number of ether oxygens (including phenoxy) is 1. The van der Waals surface area contributed by atoms with Gasteiger partial charge in [-0.15, -0.1) is 6.58 Å². The summed E-state index contributed by atoms with van der Waals surface area (Å²) in [6.07, 6.45) is 1.66. The zero-order valence-corrected chi connectivity index (χ0v) is 13.3. The van der Waals surface area contributed by atoms with Crippen LogP contribution in [0.3, 0.4) is 0 Å². The first kappa shape index (κ1) is 17.6. The molecule has 22 heavy (non-hydrogen) atoms. The van der Waals surface area contributed by atoms with Gasteiger partial charge in [-0.2, -0.15) is 0 Å². The van der Waals surface area contributed by atoms with E-state index in [0.717, 1.165) is 11.3 Å². The first-order chi connectivity index (χ1) is 10.5. The minimum atomic E-state index is -0.298. The fourth-order valence-electron chi connectivity index (χ4n) is 1.82. The van der Waals surface area contributed by atoms with Crippen molar-refractivity contribution in [3.05, 3.63) is 42.5 Å². The molecule has 1 aromatic rings. The predicted octanol–water partition coefficient (Wildman–Crippen LogP) is 1.48. The first-order valence-electron chi connectivity index (χ1n) is 6.94. The predicted molar refractivity (Wildman–Crippen MR) is 85.7 cm³/mol. The topological polar surface area (TPSA) is 61.9 Å². The molecule has 0 unspecified atom stereocenters. The van der Waals surface area contributed by atoms with E-state index < -0.39 is 0 Å². The first-order valence-corrected chi connectivity index (χ1v) is 6.94. The zero-order valence-electron chi connectivity index (χ0n) is 13.3. The summed E-state index contributed by atoms with van der Waals surface area (Å²) in [6.45, 7) is 4.46. The van der Waals surface area contributed by atoms with Gasteiger partial charge in [0.15, 0.2) is 0 Å². The molecule has 3 amide bonds. The molecular formula is C16H23N3O3. The fourth-order valence-corrected chi connectivity index (χ4v) is 1.82. The highest BCUT2D eigenvalue weighted by molar-refractivity contribution is 5.83. The molecule has 0 aliphatic heterocycles. The standard InChI is InChI=1S/C16H23N3O3/c1-5-9-19(15(20)11-17-16(21)18(2)3)12-13-7-6-8-14(10-13)22-4/h5-8,10H,1,9,11-12H2,2-4H3,(H,17,21). The van der Waals surface area contributed by atoms with Crippen LogP contribution in [0.15, 0.2) is 36.9 Å². The van der Waals surface area contributed by atoms with E-state index in [-0.39, 0.29) is 18.5 Å². The molecule has 0 saturated heterocycles.